The summed E-state index contributed by atoms with van der Waals surface area (Å²) in [5.41, 5.74) is 2.00. The van der Waals surface area contributed by atoms with Crippen LogP contribution in [0.15, 0.2) is 18.2 Å². The van der Waals surface area contributed by atoms with Crippen molar-refractivity contribution < 1.29 is 14.6 Å². The fraction of sp³-hybridized carbons (Fsp3) is 0.588. The van der Waals surface area contributed by atoms with Gasteiger partial charge in [0, 0.05) is 17.3 Å². The highest BCUT2D eigenvalue weighted by Crippen LogP contribution is 2.46. The number of anilines is 1. The van der Waals surface area contributed by atoms with Gasteiger partial charge >= 0.3 is 5.97 Å². The van der Waals surface area contributed by atoms with Crippen LogP contribution in [0.1, 0.15) is 52.0 Å². The summed E-state index contributed by atoms with van der Waals surface area (Å²) in [7, 11) is 1.64. The smallest absolute Gasteiger partial charge is 0.326 e. The third kappa shape index (κ3) is 2.71. The number of rotatable bonds is 4. The van der Waals surface area contributed by atoms with E-state index in [0.29, 0.717) is 12.3 Å². The van der Waals surface area contributed by atoms with E-state index in [1.54, 1.807) is 7.11 Å². The number of hydrogen-bond acceptors (Lipinski definition) is 3. The normalized spacial score (nSPS) is 21.6. The largest absolute Gasteiger partial charge is 0.497 e. The second-order valence-electron chi connectivity index (χ2n) is 6.47. The first-order valence-corrected chi connectivity index (χ1v) is 7.52. The molecular weight excluding hydrogens is 266 g/mol. The van der Waals surface area contributed by atoms with Gasteiger partial charge in [0.25, 0.3) is 0 Å². The van der Waals surface area contributed by atoms with E-state index in [0.717, 1.165) is 17.9 Å². The Morgan fingerprint density at radius 2 is 2.19 bits per heavy atom. The van der Waals surface area contributed by atoms with Gasteiger partial charge in [0.15, 0.2) is 0 Å². The Labute approximate surface area is 126 Å². The molecule has 1 aromatic carbocycles. The van der Waals surface area contributed by atoms with E-state index in [1.165, 1.54) is 5.56 Å². The second-order valence-corrected chi connectivity index (χ2v) is 6.47. The molecule has 116 valence electrons. The molecule has 0 unspecified atom stereocenters. The van der Waals surface area contributed by atoms with Crippen LogP contribution in [0.4, 0.5) is 5.69 Å². The average molecular weight is 291 g/mol. The molecule has 1 N–H and O–H groups in total. The molecule has 0 saturated heterocycles. The van der Waals surface area contributed by atoms with Crippen molar-refractivity contribution in [2.45, 2.75) is 58.0 Å². The summed E-state index contributed by atoms with van der Waals surface area (Å²) in [5, 5.41) is 9.60. The number of methoxy groups -OCH3 is 1. The molecule has 0 saturated carbocycles. The summed E-state index contributed by atoms with van der Waals surface area (Å²) in [6.45, 7) is 8.37. The van der Waals surface area contributed by atoms with Crippen LogP contribution in [-0.4, -0.2) is 29.8 Å². The Hall–Kier alpha value is -1.71. The lowest BCUT2D eigenvalue weighted by Gasteiger charge is -2.50. The molecule has 2 rings (SSSR count). The van der Waals surface area contributed by atoms with E-state index >= 15 is 0 Å². The first-order valence-electron chi connectivity index (χ1n) is 7.52. The summed E-state index contributed by atoms with van der Waals surface area (Å²) < 4.78 is 5.33. The molecule has 1 aliphatic rings. The molecule has 0 bridgehead atoms. The van der Waals surface area contributed by atoms with Crippen molar-refractivity contribution in [3.05, 3.63) is 23.8 Å². The Morgan fingerprint density at radius 1 is 1.52 bits per heavy atom. The van der Waals surface area contributed by atoms with Crippen molar-refractivity contribution in [2.75, 3.05) is 12.0 Å². The standard InChI is InChI=1S/C17H25NO3/c1-6-14(16(19)20)18-15-9-12(21-5)7-8-13(15)11(2)10-17(18,3)4/h7-9,11,14H,6,10H2,1-5H3,(H,19,20)/t11-,14+/m0/s1. The minimum atomic E-state index is -0.770. The lowest BCUT2D eigenvalue weighted by molar-refractivity contribution is -0.139. The monoisotopic (exact) mass is 291 g/mol. The summed E-state index contributed by atoms with van der Waals surface area (Å²) >= 11 is 0. The van der Waals surface area contributed by atoms with E-state index in [9.17, 15) is 9.90 Å². The van der Waals surface area contributed by atoms with Crippen molar-refractivity contribution in [3.63, 3.8) is 0 Å². The van der Waals surface area contributed by atoms with Crippen LogP contribution in [0.5, 0.6) is 5.75 Å². The molecular formula is C17H25NO3. The molecule has 0 radical (unpaired) electrons. The van der Waals surface area contributed by atoms with Crippen molar-refractivity contribution in [2.24, 2.45) is 0 Å². The molecule has 0 spiro atoms. The molecule has 4 nitrogen and oxygen atoms in total. The molecule has 0 amide bonds. The van der Waals surface area contributed by atoms with Gasteiger partial charge in [-0.3, -0.25) is 0 Å². The average Bonchev–Trinajstić information content (AvgIpc) is 2.41. The topological polar surface area (TPSA) is 49.8 Å². The minimum absolute atomic E-state index is 0.197. The number of carboxylic acid groups (broad SMARTS) is 1. The molecule has 0 aliphatic carbocycles. The zero-order chi connectivity index (χ0) is 15.8. The van der Waals surface area contributed by atoms with Gasteiger partial charge in [-0.05, 0) is 44.2 Å². The summed E-state index contributed by atoms with van der Waals surface area (Å²) in [6, 6.07) is 5.47. The number of carboxylic acids is 1. The lowest BCUT2D eigenvalue weighted by atomic mass is 9.79. The van der Waals surface area contributed by atoms with Crippen LogP contribution in [0.2, 0.25) is 0 Å². The Balaban J connectivity index is 2.61. The first-order chi connectivity index (χ1) is 9.81. The third-order valence-electron chi connectivity index (χ3n) is 4.47. The number of carbonyl (C=O) groups is 1. The number of benzene rings is 1. The Kier molecular flexibility index (Phi) is 4.17. The van der Waals surface area contributed by atoms with Crippen LogP contribution in [0.3, 0.4) is 0 Å². The van der Waals surface area contributed by atoms with E-state index in [4.69, 9.17) is 4.74 Å². The van der Waals surface area contributed by atoms with Gasteiger partial charge in [0.2, 0.25) is 0 Å². The molecule has 4 heteroatoms. The van der Waals surface area contributed by atoms with Gasteiger partial charge in [-0.2, -0.15) is 0 Å². The molecule has 2 atom stereocenters. The molecule has 0 aromatic heterocycles. The highest BCUT2D eigenvalue weighted by molar-refractivity contribution is 5.80. The van der Waals surface area contributed by atoms with Crippen molar-refractivity contribution in [1.82, 2.24) is 0 Å². The fourth-order valence-corrected chi connectivity index (χ4v) is 3.62. The number of nitrogens with zero attached hydrogens (tertiary/aromatic N) is 1. The molecule has 21 heavy (non-hydrogen) atoms. The second kappa shape index (κ2) is 5.58. The maximum absolute atomic E-state index is 11.7. The maximum atomic E-state index is 11.7. The predicted molar refractivity (Wildman–Crippen MR) is 84.3 cm³/mol. The predicted octanol–water partition coefficient (Wildman–Crippen LogP) is 3.65. The molecule has 1 aliphatic heterocycles. The van der Waals surface area contributed by atoms with Crippen molar-refractivity contribution in [3.8, 4) is 5.75 Å². The van der Waals surface area contributed by atoms with Crippen LogP contribution < -0.4 is 9.64 Å². The van der Waals surface area contributed by atoms with Gasteiger partial charge in [-0.1, -0.05) is 19.9 Å². The minimum Gasteiger partial charge on any atom is -0.497 e. The van der Waals surface area contributed by atoms with E-state index < -0.39 is 12.0 Å². The Bertz CT molecular complexity index is 539. The highest BCUT2D eigenvalue weighted by Gasteiger charge is 2.41. The summed E-state index contributed by atoms with van der Waals surface area (Å²) in [4.78, 5) is 13.8. The van der Waals surface area contributed by atoms with Crippen LogP contribution >= 0.6 is 0 Å². The third-order valence-corrected chi connectivity index (χ3v) is 4.47. The molecule has 1 heterocycles. The summed E-state index contributed by atoms with van der Waals surface area (Å²) in [6.07, 6.45) is 1.51. The van der Waals surface area contributed by atoms with E-state index in [-0.39, 0.29) is 5.54 Å². The zero-order valence-electron chi connectivity index (χ0n) is 13.5. The van der Waals surface area contributed by atoms with Crippen molar-refractivity contribution in [1.29, 1.82) is 0 Å². The molecule has 1 aromatic rings. The van der Waals surface area contributed by atoms with Gasteiger partial charge in [0.1, 0.15) is 11.8 Å². The van der Waals surface area contributed by atoms with Crippen LogP contribution in [0.25, 0.3) is 0 Å². The molecule has 0 fully saturated rings. The number of fused-ring (bicyclic) bond motifs is 1. The van der Waals surface area contributed by atoms with E-state index in [2.05, 4.69) is 31.7 Å². The van der Waals surface area contributed by atoms with Gasteiger partial charge in [-0.15, -0.1) is 0 Å². The van der Waals surface area contributed by atoms with Crippen molar-refractivity contribution >= 4 is 11.7 Å². The van der Waals surface area contributed by atoms with Crippen LogP contribution in [-0.2, 0) is 4.79 Å². The van der Waals surface area contributed by atoms with Gasteiger partial charge in [-0.25, -0.2) is 4.79 Å². The van der Waals surface area contributed by atoms with Gasteiger partial charge < -0.3 is 14.7 Å². The zero-order valence-corrected chi connectivity index (χ0v) is 13.5. The maximum Gasteiger partial charge on any atom is 0.326 e. The highest BCUT2D eigenvalue weighted by atomic mass is 16.5. The SMILES string of the molecule is CC[C@H](C(=O)O)N1c2cc(OC)ccc2[C@@H](C)CC1(C)C. The van der Waals surface area contributed by atoms with Crippen LogP contribution in [0, 0.1) is 0 Å². The lowest BCUT2D eigenvalue weighted by Crippen LogP contribution is -2.56. The number of hydrogen-bond donors (Lipinski definition) is 1. The number of aliphatic carboxylic acids is 1. The van der Waals surface area contributed by atoms with Gasteiger partial charge in [0.05, 0.1) is 7.11 Å². The summed E-state index contributed by atoms with van der Waals surface area (Å²) in [5.74, 6) is 0.404. The first kappa shape index (κ1) is 15.7. The Morgan fingerprint density at radius 3 is 2.71 bits per heavy atom. The van der Waals surface area contributed by atoms with E-state index in [1.807, 2.05) is 19.1 Å². The number of ether oxygens (including phenoxy) is 1. The quantitative estimate of drug-likeness (QED) is 0.920. The fourth-order valence-electron chi connectivity index (χ4n) is 3.62.